The first-order valence-corrected chi connectivity index (χ1v) is 6.08. The van der Waals surface area contributed by atoms with Gasteiger partial charge in [-0.15, -0.1) is 5.10 Å². The molecule has 108 valence electrons. The van der Waals surface area contributed by atoms with E-state index in [1.54, 1.807) is 0 Å². The minimum Gasteiger partial charge on any atom is -0.465 e. The summed E-state index contributed by atoms with van der Waals surface area (Å²) >= 11 is 0. The molecule has 0 aliphatic carbocycles. The number of rotatable bonds is 1. The average Bonchev–Trinajstić information content (AvgIpc) is 2.85. The third-order valence-corrected chi connectivity index (χ3v) is 2.91. The number of carbonyl (C=O) groups is 3. The summed E-state index contributed by atoms with van der Waals surface area (Å²) < 4.78 is 1.13. The zero-order valence-electron chi connectivity index (χ0n) is 10.9. The van der Waals surface area contributed by atoms with Crippen LogP contribution >= 0.6 is 0 Å². The highest BCUT2D eigenvalue weighted by molar-refractivity contribution is 5.88. The van der Waals surface area contributed by atoms with Crippen molar-refractivity contribution in [3.63, 3.8) is 0 Å². The molecule has 1 aromatic heterocycles. The van der Waals surface area contributed by atoms with Crippen LogP contribution in [0.15, 0.2) is 12.3 Å². The molecule has 1 aliphatic heterocycles. The monoisotopic (exact) mass is 281 g/mol. The van der Waals surface area contributed by atoms with E-state index in [1.165, 1.54) is 29.0 Å². The highest BCUT2D eigenvalue weighted by atomic mass is 16.4. The molecule has 9 nitrogen and oxygen atoms in total. The van der Waals surface area contributed by atoms with Crippen molar-refractivity contribution in [1.82, 2.24) is 19.6 Å². The Labute approximate surface area is 114 Å². The fourth-order valence-corrected chi connectivity index (χ4v) is 1.91. The third-order valence-electron chi connectivity index (χ3n) is 2.91. The topological polar surface area (TPSA) is 108 Å². The minimum atomic E-state index is -0.982. The van der Waals surface area contributed by atoms with E-state index in [0.717, 1.165) is 4.68 Å². The smallest absolute Gasteiger partial charge is 0.407 e. The third kappa shape index (κ3) is 3.05. The predicted octanol–water partition coefficient (Wildman–Crippen LogP) is 0.105. The Balaban J connectivity index is 1.96. The number of aromatic nitrogens is 2. The summed E-state index contributed by atoms with van der Waals surface area (Å²) in [4.78, 5) is 36.5. The molecule has 1 aliphatic rings. The Bertz CT molecular complexity index is 533. The number of hydrogen-bond donors (Lipinski definition) is 2. The van der Waals surface area contributed by atoms with E-state index in [1.807, 2.05) is 0 Å². The zero-order chi connectivity index (χ0) is 14.7. The number of nitrogens with one attached hydrogen (secondary N) is 1. The predicted molar refractivity (Wildman–Crippen MR) is 68.5 cm³/mol. The number of hydrogen-bond acceptors (Lipinski definition) is 4. The van der Waals surface area contributed by atoms with Gasteiger partial charge in [-0.2, -0.15) is 4.68 Å². The maximum absolute atomic E-state index is 12.1. The molecular formula is C11H15N5O4. The molecule has 0 bridgehead atoms. The van der Waals surface area contributed by atoms with Crippen molar-refractivity contribution in [2.24, 2.45) is 0 Å². The molecule has 2 N–H and O–H groups in total. The summed E-state index contributed by atoms with van der Waals surface area (Å²) in [6, 6.07) is 1.18. The molecule has 0 spiro atoms. The second-order valence-electron chi connectivity index (χ2n) is 4.37. The number of carboxylic acid groups (broad SMARTS) is 1. The van der Waals surface area contributed by atoms with Gasteiger partial charge in [0.25, 0.3) is 0 Å². The van der Waals surface area contributed by atoms with Gasteiger partial charge < -0.3 is 20.2 Å². The number of nitrogens with zero attached hydrogens (tertiary/aromatic N) is 4. The van der Waals surface area contributed by atoms with Crippen LogP contribution in [0, 0.1) is 0 Å². The summed E-state index contributed by atoms with van der Waals surface area (Å²) in [5.41, 5.74) is 0. The first-order chi connectivity index (χ1) is 9.47. The Morgan fingerprint density at radius 2 is 1.80 bits per heavy atom. The lowest BCUT2D eigenvalue weighted by Crippen LogP contribution is -2.51. The summed E-state index contributed by atoms with van der Waals surface area (Å²) in [5, 5.41) is 15.3. The van der Waals surface area contributed by atoms with Crippen LogP contribution in [0.2, 0.25) is 0 Å². The second kappa shape index (κ2) is 5.59. The zero-order valence-corrected chi connectivity index (χ0v) is 10.9. The number of carbonyl (C=O) groups excluding carboxylic acids is 2. The SMILES string of the molecule is CC(=O)Nc1ccn(C(=O)N2CCN(C(=O)O)CC2)n1. The summed E-state index contributed by atoms with van der Waals surface area (Å²) in [7, 11) is 0. The van der Waals surface area contributed by atoms with Gasteiger partial charge in [-0.1, -0.05) is 0 Å². The van der Waals surface area contributed by atoms with Crippen LogP contribution in [0.25, 0.3) is 0 Å². The van der Waals surface area contributed by atoms with Gasteiger partial charge in [-0.05, 0) is 0 Å². The van der Waals surface area contributed by atoms with Crippen LogP contribution < -0.4 is 5.32 Å². The lowest BCUT2D eigenvalue weighted by Gasteiger charge is -2.32. The molecule has 0 unspecified atom stereocenters. The Hall–Kier alpha value is -2.58. The first-order valence-electron chi connectivity index (χ1n) is 6.08. The van der Waals surface area contributed by atoms with E-state index in [0.29, 0.717) is 18.9 Å². The van der Waals surface area contributed by atoms with Gasteiger partial charge in [0.2, 0.25) is 5.91 Å². The highest BCUT2D eigenvalue weighted by Gasteiger charge is 2.25. The van der Waals surface area contributed by atoms with Gasteiger partial charge >= 0.3 is 12.1 Å². The van der Waals surface area contributed by atoms with Crippen molar-refractivity contribution in [2.75, 3.05) is 31.5 Å². The van der Waals surface area contributed by atoms with E-state index in [9.17, 15) is 14.4 Å². The van der Waals surface area contributed by atoms with Crippen molar-refractivity contribution >= 4 is 23.8 Å². The van der Waals surface area contributed by atoms with Gasteiger partial charge in [0.05, 0.1) is 0 Å². The Morgan fingerprint density at radius 3 is 2.35 bits per heavy atom. The van der Waals surface area contributed by atoms with Crippen molar-refractivity contribution < 1.29 is 19.5 Å². The Kier molecular flexibility index (Phi) is 3.87. The Morgan fingerprint density at radius 1 is 1.20 bits per heavy atom. The fraction of sp³-hybridized carbons (Fsp3) is 0.455. The second-order valence-corrected chi connectivity index (χ2v) is 4.37. The van der Waals surface area contributed by atoms with Crippen molar-refractivity contribution in [1.29, 1.82) is 0 Å². The van der Waals surface area contributed by atoms with Gasteiger partial charge in [-0.25, -0.2) is 9.59 Å². The maximum Gasteiger partial charge on any atom is 0.407 e. The molecular weight excluding hydrogens is 266 g/mol. The summed E-state index contributed by atoms with van der Waals surface area (Å²) in [6.07, 6.45) is 0.473. The molecule has 1 aromatic rings. The van der Waals surface area contributed by atoms with Crippen LogP contribution in [0.1, 0.15) is 6.92 Å². The summed E-state index contributed by atoms with van der Waals surface area (Å²) in [5.74, 6) is 0.0350. The quantitative estimate of drug-likeness (QED) is 0.759. The molecule has 2 rings (SSSR count). The van der Waals surface area contributed by atoms with Crippen molar-refractivity contribution in [3.05, 3.63) is 12.3 Å². The fourth-order valence-electron chi connectivity index (χ4n) is 1.91. The van der Waals surface area contributed by atoms with Crippen LogP contribution in [-0.4, -0.2) is 68.9 Å². The van der Waals surface area contributed by atoms with E-state index in [-0.39, 0.29) is 25.0 Å². The van der Waals surface area contributed by atoms with Gasteiger partial charge in [0.1, 0.15) is 0 Å². The molecule has 0 aromatic carbocycles. The molecule has 9 heteroatoms. The van der Waals surface area contributed by atoms with Crippen LogP contribution in [0.4, 0.5) is 15.4 Å². The van der Waals surface area contributed by atoms with Crippen LogP contribution in [0.3, 0.4) is 0 Å². The van der Waals surface area contributed by atoms with Crippen molar-refractivity contribution in [2.45, 2.75) is 6.92 Å². The average molecular weight is 281 g/mol. The molecule has 20 heavy (non-hydrogen) atoms. The molecule has 1 saturated heterocycles. The van der Waals surface area contributed by atoms with Crippen LogP contribution in [0.5, 0.6) is 0 Å². The standard InChI is InChI=1S/C11H15N5O4/c1-8(17)12-9-2-3-16(13-9)10(18)14-4-6-15(7-5-14)11(19)20/h2-3H,4-7H2,1H3,(H,19,20)(H,12,13,17). The molecule has 0 atom stereocenters. The molecule has 3 amide bonds. The van der Waals surface area contributed by atoms with Gasteiger partial charge in [0, 0.05) is 45.4 Å². The maximum atomic E-state index is 12.1. The van der Waals surface area contributed by atoms with E-state index < -0.39 is 6.09 Å². The van der Waals surface area contributed by atoms with E-state index in [4.69, 9.17) is 5.11 Å². The molecule has 2 heterocycles. The first kappa shape index (κ1) is 13.8. The normalized spacial score (nSPS) is 15.1. The van der Waals surface area contributed by atoms with Crippen LogP contribution in [-0.2, 0) is 4.79 Å². The lowest BCUT2D eigenvalue weighted by molar-refractivity contribution is -0.114. The van der Waals surface area contributed by atoms with Crippen molar-refractivity contribution in [3.8, 4) is 0 Å². The lowest BCUT2D eigenvalue weighted by atomic mass is 10.3. The largest absolute Gasteiger partial charge is 0.465 e. The highest BCUT2D eigenvalue weighted by Crippen LogP contribution is 2.07. The van der Waals surface area contributed by atoms with E-state index >= 15 is 0 Å². The van der Waals surface area contributed by atoms with Gasteiger partial charge in [0.15, 0.2) is 5.82 Å². The molecule has 1 fully saturated rings. The van der Waals surface area contributed by atoms with E-state index in [2.05, 4.69) is 10.4 Å². The number of piperazine rings is 1. The molecule has 0 radical (unpaired) electrons. The number of anilines is 1. The summed E-state index contributed by atoms with van der Waals surface area (Å²) in [6.45, 7) is 2.55. The molecule has 0 saturated carbocycles. The van der Waals surface area contributed by atoms with Gasteiger partial charge in [-0.3, -0.25) is 4.79 Å². The minimum absolute atomic E-state index is 0.266. The number of amides is 3.